The number of aliphatic hydroxyl groups is 2. The van der Waals surface area contributed by atoms with Gasteiger partial charge in [-0.25, -0.2) is 9.48 Å². The van der Waals surface area contributed by atoms with Crippen LogP contribution in [-0.4, -0.2) is 45.6 Å². The van der Waals surface area contributed by atoms with Gasteiger partial charge in [0.2, 0.25) is 5.88 Å². The molecule has 0 unspecified atom stereocenters. The molecule has 0 aliphatic heterocycles. The molecule has 1 heterocycles. The van der Waals surface area contributed by atoms with Gasteiger partial charge in [0.25, 0.3) is 0 Å². The number of nitrogens with one attached hydrogen (secondary N) is 2. The van der Waals surface area contributed by atoms with Gasteiger partial charge in [-0.1, -0.05) is 31.2 Å². The van der Waals surface area contributed by atoms with Crippen LogP contribution in [0.4, 0.5) is 23.8 Å². The molecule has 4 N–H and O–H groups in total. The topological polar surface area (TPSA) is 118 Å². The summed E-state index contributed by atoms with van der Waals surface area (Å²) >= 11 is 0. The number of amides is 2. The second-order valence-electron chi connectivity index (χ2n) is 8.08. The van der Waals surface area contributed by atoms with Gasteiger partial charge in [0.15, 0.2) is 0 Å². The molecule has 0 saturated heterocycles. The first-order valence-corrected chi connectivity index (χ1v) is 11.0. The third kappa shape index (κ3) is 7.12. The molecule has 3 aromatic rings. The standard InChI is InChI=1S/C24H27F3N4O5/c1-15(12-32)14-35-22-16(2)21(31(30-22)19-6-4-3-5-7-19)29-23(34)28-11-18-10-17(13-33)8-9-20(18)36-24(25,26)27/h3-10,15,32-33H,11-14H2,1-2H3,(H2,28,29,34)/t15-/m0/s1. The first kappa shape index (κ1) is 26.8. The number of aliphatic hydroxyl groups excluding tert-OH is 2. The van der Waals surface area contributed by atoms with Crippen LogP contribution in [0, 0.1) is 12.8 Å². The van der Waals surface area contributed by atoms with Crippen LogP contribution in [0.3, 0.4) is 0 Å². The maximum Gasteiger partial charge on any atom is 0.573 e. The number of nitrogens with zero attached hydrogens (tertiary/aromatic N) is 2. The lowest BCUT2D eigenvalue weighted by molar-refractivity contribution is -0.274. The van der Waals surface area contributed by atoms with E-state index in [2.05, 4.69) is 20.5 Å². The number of hydrogen-bond donors (Lipinski definition) is 4. The molecule has 0 radical (unpaired) electrons. The van der Waals surface area contributed by atoms with Crippen LogP contribution in [0.1, 0.15) is 23.6 Å². The highest BCUT2D eigenvalue weighted by atomic mass is 19.4. The van der Waals surface area contributed by atoms with Gasteiger partial charge in [-0.15, -0.1) is 18.3 Å². The molecular formula is C24H27F3N4O5. The summed E-state index contributed by atoms with van der Waals surface area (Å²) in [5.74, 6) is -0.0693. The minimum absolute atomic E-state index is 0.0318. The minimum atomic E-state index is -4.92. The third-order valence-electron chi connectivity index (χ3n) is 5.10. The zero-order valence-electron chi connectivity index (χ0n) is 19.7. The Labute approximate surface area is 205 Å². The van der Waals surface area contributed by atoms with E-state index in [0.717, 1.165) is 6.07 Å². The van der Waals surface area contributed by atoms with Gasteiger partial charge in [-0.2, -0.15) is 0 Å². The highest BCUT2D eigenvalue weighted by molar-refractivity contribution is 5.89. The molecule has 0 fully saturated rings. The second kappa shape index (κ2) is 11.8. The van der Waals surface area contributed by atoms with Crippen LogP contribution in [0.15, 0.2) is 48.5 Å². The Bertz CT molecular complexity index is 1170. The van der Waals surface area contributed by atoms with Gasteiger partial charge in [0.05, 0.1) is 24.5 Å². The zero-order chi connectivity index (χ0) is 26.3. The van der Waals surface area contributed by atoms with Gasteiger partial charge in [0, 0.05) is 24.6 Å². The predicted molar refractivity (Wildman–Crippen MR) is 125 cm³/mol. The van der Waals surface area contributed by atoms with Crippen LogP contribution < -0.4 is 20.1 Å². The Morgan fingerprint density at radius 3 is 2.53 bits per heavy atom. The Hall–Kier alpha value is -3.77. The summed E-state index contributed by atoms with van der Waals surface area (Å²) in [5.41, 5.74) is 1.54. The van der Waals surface area contributed by atoms with Gasteiger partial charge >= 0.3 is 12.4 Å². The molecule has 194 valence electrons. The SMILES string of the molecule is Cc1c(OC[C@@H](C)CO)nn(-c2ccccc2)c1NC(=O)NCc1cc(CO)ccc1OC(F)(F)F. The van der Waals surface area contributed by atoms with Crippen LogP contribution in [0.5, 0.6) is 11.6 Å². The van der Waals surface area contributed by atoms with E-state index in [1.165, 1.54) is 16.8 Å². The fourth-order valence-corrected chi connectivity index (χ4v) is 3.21. The fraction of sp³-hybridized carbons (Fsp3) is 0.333. The van der Waals surface area contributed by atoms with Crippen molar-refractivity contribution < 1.29 is 37.7 Å². The Morgan fingerprint density at radius 2 is 1.89 bits per heavy atom. The van der Waals surface area contributed by atoms with Crippen molar-refractivity contribution in [3.8, 4) is 17.3 Å². The summed E-state index contributed by atoms with van der Waals surface area (Å²) in [6, 6.07) is 11.9. The quantitative estimate of drug-likeness (QED) is 0.330. The number of urea groups is 1. The predicted octanol–water partition coefficient (Wildman–Crippen LogP) is 3.90. The number of aromatic nitrogens is 2. The molecule has 1 atom stereocenters. The lowest BCUT2D eigenvalue weighted by Crippen LogP contribution is -2.30. The number of halogens is 3. The van der Waals surface area contributed by atoms with E-state index in [9.17, 15) is 28.2 Å². The summed E-state index contributed by atoms with van der Waals surface area (Å²) < 4.78 is 49.5. The maximum atomic E-state index is 12.8. The number of ether oxygens (including phenoxy) is 2. The molecule has 0 aliphatic rings. The van der Waals surface area contributed by atoms with E-state index in [1.807, 2.05) is 6.07 Å². The van der Waals surface area contributed by atoms with Crippen molar-refractivity contribution in [1.29, 1.82) is 0 Å². The van der Waals surface area contributed by atoms with Crippen LogP contribution >= 0.6 is 0 Å². The van der Waals surface area contributed by atoms with Crippen LogP contribution in [0.2, 0.25) is 0 Å². The lowest BCUT2D eigenvalue weighted by Gasteiger charge is -2.15. The van der Waals surface area contributed by atoms with Crippen molar-refractivity contribution in [2.75, 3.05) is 18.5 Å². The van der Waals surface area contributed by atoms with E-state index >= 15 is 0 Å². The number of hydrogen-bond acceptors (Lipinski definition) is 6. The molecule has 0 saturated carbocycles. The van der Waals surface area contributed by atoms with E-state index in [0.29, 0.717) is 22.6 Å². The summed E-state index contributed by atoms with van der Waals surface area (Å²) in [7, 11) is 0. The fourth-order valence-electron chi connectivity index (χ4n) is 3.21. The summed E-state index contributed by atoms with van der Waals surface area (Å²) in [4.78, 5) is 12.7. The monoisotopic (exact) mass is 508 g/mol. The molecule has 1 aromatic heterocycles. The Morgan fingerprint density at radius 1 is 1.17 bits per heavy atom. The van der Waals surface area contributed by atoms with Gasteiger partial charge < -0.3 is 25.0 Å². The maximum absolute atomic E-state index is 12.8. The van der Waals surface area contributed by atoms with Crippen molar-refractivity contribution >= 4 is 11.8 Å². The van der Waals surface area contributed by atoms with Gasteiger partial charge in [0.1, 0.15) is 11.6 Å². The van der Waals surface area contributed by atoms with Gasteiger partial charge in [-0.05, 0) is 36.8 Å². The first-order valence-electron chi connectivity index (χ1n) is 11.0. The first-order chi connectivity index (χ1) is 17.1. The average Bonchev–Trinajstić information content (AvgIpc) is 3.16. The highest BCUT2D eigenvalue weighted by Crippen LogP contribution is 2.29. The van der Waals surface area contributed by atoms with Crippen LogP contribution in [-0.2, 0) is 13.2 Å². The summed E-state index contributed by atoms with van der Waals surface area (Å²) in [6.45, 7) is 2.95. The normalized spacial score (nSPS) is 12.2. The van der Waals surface area contributed by atoms with Crippen molar-refractivity contribution in [2.45, 2.75) is 33.4 Å². The van der Waals surface area contributed by atoms with Crippen molar-refractivity contribution in [3.05, 3.63) is 65.2 Å². The van der Waals surface area contributed by atoms with Crippen molar-refractivity contribution in [2.24, 2.45) is 5.92 Å². The second-order valence-corrected chi connectivity index (χ2v) is 8.08. The lowest BCUT2D eigenvalue weighted by atomic mass is 10.1. The number of alkyl halides is 3. The number of anilines is 1. The van der Waals surface area contributed by atoms with Crippen molar-refractivity contribution in [1.82, 2.24) is 15.1 Å². The number of benzene rings is 2. The molecule has 0 spiro atoms. The number of para-hydroxylation sites is 1. The molecule has 36 heavy (non-hydrogen) atoms. The minimum Gasteiger partial charge on any atom is -0.476 e. The average molecular weight is 508 g/mol. The van der Waals surface area contributed by atoms with E-state index in [4.69, 9.17) is 4.74 Å². The molecule has 12 heteroatoms. The van der Waals surface area contributed by atoms with Crippen molar-refractivity contribution in [3.63, 3.8) is 0 Å². The summed E-state index contributed by atoms with van der Waals surface area (Å²) in [5, 5.41) is 28.2. The Balaban J connectivity index is 1.81. The molecule has 9 nitrogen and oxygen atoms in total. The number of rotatable bonds is 10. The highest BCUT2D eigenvalue weighted by Gasteiger charge is 2.32. The summed E-state index contributed by atoms with van der Waals surface area (Å²) in [6.07, 6.45) is -4.92. The smallest absolute Gasteiger partial charge is 0.476 e. The zero-order valence-corrected chi connectivity index (χ0v) is 19.7. The molecule has 0 aliphatic carbocycles. The molecule has 3 rings (SSSR count). The van der Waals surface area contributed by atoms with E-state index in [-0.39, 0.29) is 37.1 Å². The molecule has 2 aromatic carbocycles. The van der Waals surface area contributed by atoms with Crippen LogP contribution in [0.25, 0.3) is 5.69 Å². The largest absolute Gasteiger partial charge is 0.573 e. The third-order valence-corrected chi connectivity index (χ3v) is 5.10. The number of carbonyl (C=O) groups is 1. The van der Waals surface area contributed by atoms with E-state index in [1.54, 1.807) is 38.1 Å². The van der Waals surface area contributed by atoms with E-state index < -0.39 is 24.7 Å². The molecule has 0 bridgehead atoms. The molecule has 2 amide bonds. The Kier molecular flexibility index (Phi) is 8.78. The van der Waals surface area contributed by atoms with Gasteiger partial charge in [-0.3, -0.25) is 5.32 Å². The number of carbonyl (C=O) groups excluding carboxylic acids is 1. The molecular weight excluding hydrogens is 481 g/mol.